The molecule has 0 fully saturated rings. The van der Waals surface area contributed by atoms with E-state index in [1.807, 2.05) is 0 Å². The fourth-order valence-corrected chi connectivity index (χ4v) is 2.00. The summed E-state index contributed by atoms with van der Waals surface area (Å²) in [6, 6.07) is 8.58. The molecule has 0 aliphatic heterocycles. The summed E-state index contributed by atoms with van der Waals surface area (Å²) >= 11 is 5.83. The first-order valence-electron chi connectivity index (χ1n) is 5.67. The zero-order valence-corrected chi connectivity index (χ0v) is 11.4. The van der Waals surface area contributed by atoms with Gasteiger partial charge in [0, 0.05) is 11.8 Å². The zero-order valence-electron chi connectivity index (χ0n) is 10.6. The van der Waals surface area contributed by atoms with Gasteiger partial charge in [-0.05, 0) is 35.9 Å². The van der Waals surface area contributed by atoms with E-state index < -0.39 is 6.10 Å². The predicted molar refractivity (Wildman–Crippen MR) is 72.9 cm³/mol. The third-order valence-corrected chi connectivity index (χ3v) is 3.00. The number of benzene rings is 1. The molecule has 0 saturated carbocycles. The van der Waals surface area contributed by atoms with Gasteiger partial charge in [-0.3, -0.25) is 0 Å². The van der Waals surface area contributed by atoms with Crippen molar-refractivity contribution in [1.29, 1.82) is 0 Å². The van der Waals surface area contributed by atoms with Gasteiger partial charge in [0.15, 0.2) is 0 Å². The topological polar surface area (TPSA) is 51.6 Å². The molecule has 1 aromatic heterocycles. The van der Waals surface area contributed by atoms with Gasteiger partial charge in [0.1, 0.15) is 22.8 Å². The molecule has 2 aromatic rings. The third-order valence-electron chi connectivity index (χ3n) is 2.80. The summed E-state index contributed by atoms with van der Waals surface area (Å²) in [6.07, 6.45) is 0.693. The average molecular weight is 280 g/mol. The Morgan fingerprint density at radius 1 is 1.16 bits per heavy atom. The molecule has 1 N–H and O–H groups in total. The molecular weight excluding hydrogens is 266 g/mol. The van der Waals surface area contributed by atoms with Crippen LogP contribution in [0.3, 0.4) is 0 Å². The van der Waals surface area contributed by atoms with Crippen LogP contribution in [0.2, 0.25) is 5.15 Å². The fourth-order valence-electron chi connectivity index (χ4n) is 1.82. The van der Waals surface area contributed by atoms with Gasteiger partial charge in [0.25, 0.3) is 0 Å². The molecule has 5 heteroatoms. The highest BCUT2D eigenvalue weighted by molar-refractivity contribution is 6.29. The largest absolute Gasteiger partial charge is 0.497 e. The highest BCUT2D eigenvalue weighted by atomic mass is 35.5. The molecule has 0 spiro atoms. The molecule has 1 unspecified atom stereocenters. The van der Waals surface area contributed by atoms with E-state index in [9.17, 15) is 5.11 Å². The second-order valence-electron chi connectivity index (χ2n) is 3.92. The van der Waals surface area contributed by atoms with Crippen molar-refractivity contribution in [3.05, 3.63) is 52.8 Å². The van der Waals surface area contributed by atoms with Crippen LogP contribution >= 0.6 is 11.6 Å². The lowest BCUT2D eigenvalue weighted by atomic mass is 10.0. The summed E-state index contributed by atoms with van der Waals surface area (Å²) in [5, 5.41) is 10.8. The van der Waals surface area contributed by atoms with E-state index in [4.69, 9.17) is 21.1 Å². The fraction of sp³-hybridized carbons (Fsp3) is 0.214. The Kier molecular flexibility index (Phi) is 4.24. The first kappa shape index (κ1) is 13.6. The number of aliphatic hydroxyl groups is 1. The quantitative estimate of drug-likeness (QED) is 0.875. The molecular formula is C14H14ClNO3. The molecule has 1 aromatic carbocycles. The molecule has 0 aliphatic carbocycles. The number of methoxy groups -OCH3 is 2. The Balaban J connectivity index is 2.44. The van der Waals surface area contributed by atoms with E-state index >= 15 is 0 Å². The maximum absolute atomic E-state index is 10.4. The molecule has 0 saturated heterocycles. The number of hydrogen-bond acceptors (Lipinski definition) is 4. The summed E-state index contributed by atoms with van der Waals surface area (Å²) in [5.41, 5.74) is 1.26. The van der Waals surface area contributed by atoms with Crippen molar-refractivity contribution in [3.63, 3.8) is 0 Å². The number of hydrogen-bond donors (Lipinski definition) is 1. The molecule has 1 atom stereocenters. The summed E-state index contributed by atoms with van der Waals surface area (Å²) in [4.78, 5) is 3.89. The van der Waals surface area contributed by atoms with Crippen LogP contribution in [0.5, 0.6) is 11.5 Å². The second kappa shape index (κ2) is 5.91. The van der Waals surface area contributed by atoms with Gasteiger partial charge in [0.05, 0.1) is 14.2 Å². The Morgan fingerprint density at radius 3 is 2.58 bits per heavy atom. The van der Waals surface area contributed by atoms with Gasteiger partial charge in [0.2, 0.25) is 0 Å². The van der Waals surface area contributed by atoms with Crippen molar-refractivity contribution >= 4 is 11.6 Å². The number of pyridine rings is 1. The van der Waals surface area contributed by atoms with E-state index in [0.29, 0.717) is 27.8 Å². The van der Waals surface area contributed by atoms with E-state index in [1.54, 1.807) is 50.7 Å². The Labute approximate surface area is 116 Å². The number of halogens is 1. The lowest BCUT2D eigenvalue weighted by Gasteiger charge is -2.16. The maximum atomic E-state index is 10.4. The monoisotopic (exact) mass is 279 g/mol. The number of ether oxygens (including phenoxy) is 2. The molecule has 19 heavy (non-hydrogen) atoms. The number of aliphatic hydroxyl groups excluding tert-OH is 1. The van der Waals surface area contributed by atoms with Crippen LogP contribution in [0, 0.1) is 0 Å². The average Bonchev–Trinajstić information content (AvgIpc) is 2.45. The van der Waals surface area contributed by atoms with Crippen LogP contribution in [-0.2, 0) is 0 Å². The van der Waals surface area contributed by atoms with E-state index in [0.717, 1.165) is 0 Å². The minimum absolute atomic E-state index is 0.332. The summed E-state index contributed by atoms with van der Waals surface area (Å²) < 4.78 is 10.4. The number of rotatable bonds is 4. The van der Waals surface area contributed by atoms with Crippen molar-refractivity contribution in [2.45, 2.75) is 6.10 Å². The van der Waals surface area contributed by atoms with Crippen LogP contribution in [0.15, 0.2) is 36.5 Å². The van der Waals surface area contributed by atoms with Crippen molar-refractivity contribution in [1.82, 2.24) is 4.98 Å². The SMILES string of the molecule is COc1ccc(OC)c(C(O)c2ccnc(Cl)c2)c1. The minimum atomic E-state index is -0.856. The summed E-state index contributed by atoms with van der Waals surface area (Å²) in [5.74, 6) is 1.23. The predicted octanol–water partition coefficient (Wildman–Crippen LogP) is 2.83. The van der Waals surface area contributed by atoms with Gasteiger partial charge < -0.3 is 14.6 Å². The third kappa shape index (κ3) is 2.97. The lowest BCUT2D eigenvalue weighted by Crippen LogP contribution is -2.03. The van der Waals surface area contributed by atoms with Crippen LogP contribution in [0.1, 0.15) is 17.2 Å². The van der Waals surface area contributed by atoms with Gasteiger partial charge in [-0.1, -0.05) is 11.6 Å². The molecule has 0 aliphatic rings. The standard InChI is InChI=1S/C14H14ClNO3/c1-18-10-3-4-12(19-2)11(8-10)14(17)9-5-6-16-13(15)7-9/h3-8,14,17H,1-2H3. The normalized spacial score (nSPS) is 12.0. The minimum Gasteiger partial charge on any atom is -0.497 e. The second-order valence-corrected chi connectivity index (χ2v) is 4.31. The first-order valence-corrected chi connectivity index (χ1v) is 6.05. The Bertz CT molecular complexity index is 574. The van der Waals surface area contributed by atoms with Crippen LogP contribution < -0.4 is 9.47 Å². The molecule has 1 heterocycles. The molecule has 100 valence electrons. The van der Waals surface area contributed by atoms with Crippen LogP contribution in [-0.4, -0.2) is 24.3 Å². The van der Waals surface area contributed by atoms with E-state index in [2.05, 4.69) is 4.98 Å². The molecule has 0 amide bonds. The summed E-state index contributed by atoms with van der Waals surface area (Å²) in [6.45, 7) is 0. The van der Waals surface area contributed by atoms with Crippen LogP contribution in [0.4, 0.5) is 0 Å². The van der Waals surface area contributed by atoms with Gasteiger partial charge in [-0.25, -0.2) is 4.98 Å². The molecule has 0 radical (unpaired) electrons. The van der Waals surface area contributed by atoms with Gasteiger partial charge in [-0.15, -0.1) is 0 Å². The smallest absolute Gasteiger partial charge is 0.129 e. The lowest BCUT2D eigenvalue weighted by molar-refractivity contribution is 0.214. The summed E-state index contributed by atoms with van der Waals surface area (Å²) in [7, 11) is 3.12. The highest BCUT2D eigenvalue weighted by Crippen LogP contribution is 2.33. The van der Waals surface area contributed by atoms with Crippen molar-refractivity contribution in [2.75, 3.05) is 14.2 Å². The molecule has 2 rings (SSSR count). The van der Waals surface area contributed by atoms with E-state index in [-0.39, 0.29) is 0 Å². The van der Waals surface area contributed by atoms with Crippen LogP contribution in [0.25, 0.3) is 0 Å². The first-order chi connectivity index (χ1) is 9.15. The van der Waals surface area contributed by atoms with Crippen molar-refractivity contribution < 1.29 is 14.6 Å². The maximum Gasteiger partial charge on any atom is 0.129 e. The zero-order chi connectivity index (χ0) is 13.8. The van der Waals surface area contributed by atoms with Gasteiger partial charge >= 0.3 is 0 Å². The molecule has 0 bridgehead atoms. The van der Waals surface area contributed by atoms with E-state index in [1.165, 1.54) is 0 Å². The van der Waals surface area contributed by atoms with Crippen molar-refractivity contribution in [2.24, 2.45) is 0 Å². The molecule has 4 nitrogen and oxygen atoms in total. The Hall–Kier alpha value is -1.78. The Morgan fingerprint density at radius 2 is 1.95 bits per heavy atom. The highest BCUT2D eigenvalue weighted by Gasteiger charge is 2.17. The van der Waals surface area contributed by atoms with Gasteiger partial charge in [-0.2, -0.15) is 0 Å². The number of nitrogens with zero attached hydrogens (tertiary/aromatic N) is 1. The number of aromatic nitrogens is 1. The van der Waals surface area contributed by atoms with Crippen molar-refractivity contribution in [3.8, 4) is 11.5 Å².